The van der Waals surface area contributed by atoms with E-state index in [1.807, 2.05) is 0 Å². The van der Waals surface area contributed by atoms with E-state index in [9.17, 15) is 0 Å². The Morgan fingerprint density at radius 1 is 1.00 bits per heavy atom. The maximum absolute atomic E-state index is 0. The Balaban J connectivity index is 0. The maximum atomic E-state index is 0. The average Bonchev–Trinajstić information content (AvgIpc) is 0. The van der Waals surface area contributed by atoms with Crippen molar-refractivity contribution in [3.8, 4) is 0 Å². The van der Waals surface area contributed by atoms with Gasteiger partial charge in [-0.05, 0) is 0 Å². The van der Waals surface area contributed by atoms with Gasteiger partial charge in [-0.1, -0.05) is 0 Å². The summed E-state index contributed by atoms with van der Waals surface area (Å²) in [6, 6.07) is 0. The van der Waals surface area contributed by atoms with Crippen molar-refractivity contribution < 1.29 is 16.5 Å². The van der Waals surface area contributed by atoms with Crippen molar-refractivity contribution in [3.05, 3.63) is 0 Å². The molecule has 29 valence electrons. The first-order chi connectivity index (χ1) is 0. The Kier molecular flexibility index (Phi) is 818. The van der Waals surface area contributed by atoms with Gasteiger partial charge in [0.05, 0.1) is 0 Å². The topological polar surface area (TPSA) is 35.0 Å². The van der Waals surface area contributed by atoms with E-state index in [2.05, 4.69) is 0 Å². The first kappa shape index (κ1) is 85.8. The van der Waals surface area contributed by atoms with Crippen LogP contribution >= 0.6 is 9.90 Å². The number of hydrogen-bond acceptors (Lipinski definition) is 1. The molecule has 0 aromatic heterocycles. The normalized spacial score (nSPS) is 0. The molecule has 0 aliphatic carbocycles. The Bertz CT molecular complexity index is 8.00. The van der Waals surface area contributed by atoms with Crippen LogP contribution in [0.15, 0.2) is 0 Å². The minimum absolute atomic E-state index is 0. The molecule has 0 rings (SSSR count). The minimum Gasteiger partial charge on any atom is -0.344 e. The van der Waals surface area contributed by atoms with Gasteiger partial charge < -0.3 is 6.15 Å². The second-order valence-electron chi connectivity index (χ2n) is 0. The molecule has 0 fully saturated rings. The molecule has 0 bridgehead atoms. The summed E-state index contributed by atoms with van der Waals surface area (Å²) in [5, 5.41) is 0. The molecule has 1 unspecified atom stereocenters. The first-order valence-electron chi connectivity index (χ1n) is 0. The standard InChI is InChI=1S/B.H3N.Ni.H3P/h;1H3;;1H3. The van der Waals surface area contributed by atoms with Crippen LogP contribution in [0.2, 0.25) is 0 Å². The van der Waals surface area contributed by atoms with E-state index in [1.54, 1.807) is 0 Å². The molecule has 0 heterocycles. The summed E-state index contributed by atoms with van der Waals surface area (Å²) in [6.45, 7) is 0. The van der Waals surface area contributed by atoms with Gasteiger partial charge in [0, 0.05) is 24.9 Å². The first-order valence-corrected chi connectivity index (χ1v) is 0. The molecule has 0 aromatic carbocycles. The molecule has 1 nitrogen and oxygen atoms in total. The van der Waals surface area contributed by atoms with E-state index in [-0.39, 0.29) is 41.0 Å². The van der Waals surface area contributed by atoms with Gasteiger partial charge in [-0.25, -0.2) is 0 Å². The zero-order chi connectivity index (χ0) is 0. The molecule has 0 aliphatic heterocycles. The third kappa shape index (κ3) is 12.4. The Hall–Kier alpha value is 0.948. The van der Waals surface area contributed by atoms with Crippen LogP contribution in [-0.4, -0.2) is 8.41 Å². The smallest absolute Gasteiger partial charge is 0 e. The molecule has 0 spiro atoms. The van der Waals surface area contributed by atoms with Gasteiger partial charge in [-0.15, -0.1) is 0 Å². The van der Waals surface area contributed by atoms with Crippen LogP contribution < -0.4 is 6.15 Å². The summed E-state index contributed by atoms with van der Waals surface area (Å²) in [4.78, 5) is 0. The van der Waals surface area contributed by atoms with Crippen molar-refractivity contribution >= 4 is 18.3 Å². The molecule has 3 radical (unpaired) electrons. The van der Waals surface area contributed by atoms with E-state index in [1.165, 1.54) is 0 Å². The molecule has 0 aliphatic rings. The van der Waals surface area contributed by atoms with Crippen LogP contribution in [0.3, 0.4) is 0 Å². The Morgan fingerprint density at radius 3 is 1.00 bits per heavy atom. The minimum atomic E-state index is 0. The summed E-state index contributed by atoms with van der Waals surface area (Å²) in [5.74, 6) is 0. The van der Waals surface area contributed by atoms with Crippen LogP contribution in [0.25, 0.3) is 0 Å². The molecule has 4 heavy (non-hydrogen) atoms. The van der Waals surface area contributed by atoms with Crippen molar-refractivity contribution in [1.82, 2.24) is 6.15 Å². The predicted molar refractivity (Wildman–Crippen MR) is 21.9 cm³/mol. The van der Waals surface area contributed by atoms with E-state index < -0.39 is 0 Å². The molecular weight excluding hydrogens is 114 g/mol. The summed E-state index contributed by atoms with van der Waals surface area (Å²) >= 11 is 0. The van der Waals surface area contributed by atoms with Gasteiger partial charge in [-0.2, -0.15) is 9.90 Å². The summed E-state index contributed by atoms with van der Waals surface area (Å²) in [6.07, 6.45) is 0. The molecular formula is H6BNNiP. The van der Waals surface area contributed by atoms with Crippen molar-refractivity contribution in [3.63, 3.8) is 0 Å². The summed E-state index contributed by atoms with van der Waals surface area (Å²) in [5.41, 5.74) is 0. The fourth-order valence-corrected chi connectivity index (χ4v) is 0. The van der Waals surface area contributed by atoms with Crippen molar-refractivity contribution in [1.29, 1.82) is 0 Å². The Labute approximate surface area is 41.6 Å². The monoisotopic (exact) mass is 120 g/mol. The molecule has 0 aromatic rings. The second-order valence-corrected chi connectivity index (χ2v) is 0. The largest absolute Gasteiger partial charge is 0.344 e. The van der Waals surface area contributed by atoms with Crippen LogP contribution in [0.4, 0.5) is 0 Å². The van der Waals surface area contributed by atoms with Crippen LogP contribution in [0.1, 0.15) is 0 Å². The zero-order valence-corrected chi connectivity index (χ0v) is 4.71. The van der Waals surface area contributed by atoms with Crippen molar-refractivity contribution in [2.45, 2.75) is 0 Å². The third-order valence-electron chi connectivity index (χ3n) is 0. The average molecular weight is 121 g/mol. The van der Waals surface area contributed by atoms with Crippen molar-refractivity contribution in [2.24, 2.45) is 0 Å². The SMILES string of the molecule is N.P.[B].[Ni]. The maximum Gasteiger partial charge on any atom is 0 e. The molecule has 4 heteroatoms. The van der Waals surface area contributed by atoms with E-state index in [0.29, 0.717) is 0 Å². The fourth-order valence-electron chi connectivity index (χ4n) is 0. The van der Waals surface area contributed by atoms with E-state index in [0.717, 1.165) is 0 Å². The van der Waals surface area contributed by atoms with Crippen molar-refractivity contribution in [2.75, 3.05) is 0 Å². The summed E-state index contributed by atoms with van der Waals surface area (Å²) in [7, 11) is 0. The number of hydrogen-bond donors (Lipinski definition) is 1. The van der Waals surface area contributed by atoms with Gasteiger partial charge in [0.1, 0.15) is 0 Å². The molecule has 0 saturated carbocycles. The fraction of sp³-hybridized carbons (Fsp3) is 0. The molecule has 3 N–H and O–H groups in total. The van der Waals surface area contributed by atoms with Gasteiger partial charge in [-0.3, -0.25) is 0 Å². The van der Waals surface area contributed by atoms with Gasteiger partial charge >= 0.3 is 0 Å². The molecule has 0 amide bonds. The van der Waals surface area contributed by atoms with E-state index >= 15 is 0 Å². The predicted octanol–water partition coefficient (Wildman–Crippen LogP) is -0.163. The van der Waals surface area contributed by atoms with Gasteiger partial charge in [0.15, 0.2) is 0 Å². The summed E-state index contributed by atoms with van der Waals surface area (Å²) < 4.78 is 0. The van der Waals surface area contributed by atoms with E-state index in [4.69, 9.17) is 0 Å². The molecule has 0 saturated heterocycles. The second kappa shape index (κ2) is 38.2. The molecule has 1 atom stereocenters. The third-order valence-corrected chi connectivity index (χ3v) is 0. The quantitative estimate of drug-likeness (QED) is 0.350. The number of rotatable bonds is 0. The van der Waals surface area contributed by atoms with Crippen LogP contribution in [0.5, 0.6) is 0 Å². The van der Waals surface area contributed by atoms with Crippen LogP contribution in [0, 0.1) is 0 Å². The van der Waals surface area contributed by atoms with Gasteiger partial charge in [0.25, 0.3) is 0 Å². The van der Waals surface area contributed by atoms with Crippen LogP contribution in [-0.2, 0) is 16.5 Å². The zero-order valence-electron chi connectivity index (χ0n) is 2.31. The van der Waals surface area contributed by atoms with Gasteiger partial charge in [0.2, 0.25) is 0 Å². The Morgan fingerprint density at radius 2 is 1.00 bits per heavy atom.